The zero-order valence-electron chi connectivity index (χ0n) is 10.3. The van der Waals surface area contributed by atoms with E-state index in [1.807, 2.05) is 6.92 Å². The molecule has 18 heavy (non-hydrogen) atoms. The second-order valence-corrected chi connectivity index (χ2v) is 4.07. The van der Waals surface area contributed by atoms with Crippen LogP contribution in [-0.4, -0.2) is 15.9 Å². The summed E-state index contributed by atoms with van der Waals surface area (Å²) in [5.74, 6) is 0.133. The highest BCUT2D eigenvalue weighted by Gasteiger charge is 2.09. The van der Waals surface area contributed by atoms with Gasteiger partial charge in [0.1, 0.15) is 5.82 Å². The van der Waals surface area contributed by atoms with Gasteiger partial charge in [-0.3, -0.25) is 9.78 Å². The number of hydrogen-bond acceptors (Lipinski definition) is 4. The Morgan fingerprint density at radius 3 is 2.78 bits per heavy atom. The third-order valence-corrected chi connectivity index (χ3v) is 2.50. The number of nitrogens with zero attached hydrogens (tertiary/aromatic N) is 2. The van der Waals surface area contributed by atoms with Gasteiger partial charge in [-0.05, 0) is 37.6 Å². The van der Waals surface area contributed by atoms with Gasteiger partial charge in [0.05, 0.1) is 0 Å². The molecular weight excluding hydrogens is 228 g/mol. The third-order valence-electron chi connectivity index (χ3n) is 2.50. The predicted octanol–water partition coefficient (Wildman–Crippen LogP) is 1.93. The molecule has 0 radical (unpaired) electrons. The Labute approximate surface area is 105 Å². The molecule has 0 fully saturated rings. The molecule has 5 nitrogen and oxygen atoms in total. The maximum atomic E-state index is 12.1. The van der Waals surface area contributed by atoms with Crippen molar-refractivity contribution in [3.8, 4) is 0 Å². The molecule has 0 bridgehead atoms. The molecule has 0 aromatic carbocycles. The van der Waals surface area contributed by atoms with Crippen LogP contribution in [0.4, 0.5) is 11.5 Å². The molecule has 0 atom stereocenters. The van der Waals surface area contributed by atoms with Gasteiger partial charge in [0.2, 0.25) is 0 Å². The standard InChI is InChI=1S/C13H14N4O/c1-8-7-15-4-3-11(8)17-13(18)10-5-9(2)16-12(14)6-10/h3-7H,1-2H3,(H2,14,16)(H,15,17,18). The number of carbonyl (C=O) groups excluding carboxylic acids is 1. The number of aryl methyl sites for hydroxylation is 2. The SMILES string of the molecule is Cc1cc(C(=O)Nc2ccncc2C)cc(N)n1. The molecule has 0 aliphatic rings. The van der Waals surface area contributed by atoms with E-state index < -0.39 is 0 Å². The summed E-state index contributed by atoms with van der Waals surface area (Å²) < 4.78 is 0. The first-order valence-electron chi connectivity index (χ1n) is 5.52. The lowest BCUT2D eigenvalue weighted by Gasteiger charge is -2.08. The van der Waals surface area contributed by atoms with Gasteiger partial charge in [0, 0.05) is 29.3 Å². The first-order valence-corrected chi connectivity index (χ1v) is 5.52. The summed E-state index contributed by atoms with van der Waals surface area (Å²) in [5, 5.41) is 2.82. The van der Waals surface area contributed by atoms with Crippen LogP contribution in [0.2, 0.25) is 0 Å². The molecule has 2 aromatic rings. The largest absolute Gasteiger partial charge is 0.384 e. The van der Waals surface area contributed by atoms with Crippen LogP contribution in [0.5, 0.6) is 0 Å². The summed E-state index contributed by atoms with van der Waals surface area (Å²) in [6.45, 7) is 3.68. The van der Waals surface area contributed by atoms with Gasteiger partial charge in [0.15, 0.2) is 0 Å². The van der Waals surface area contributed by atoms with Crippen molar-refractivity contribution in [1.82, 2.24) is 9.97 Å². The lowest BCUT2D eigenvalue weighted by molar-refractivity contribution is 0.102. The Morgan fingerprint density at radius 2 is 2.11 bits per heavy atom. The van der Waals surface area contributed by atoms with E-state index in [9.17, 15) is 4.79 Å². The van der Waals surface area contributed by atoms with Gasteiger partial charge in [-0.15, -0.1) is 0 Å². The summed E-state index contributed by atoms with van der Waals surface area (Å²) in [7, 11) is 0. The summed E-state index contributed by atoms with van der Waals surface area (Å²) in [6.07, 6.45) is 3.33. The zero-order valence-corrected chi connectivity index (χ0v) is 10.3. The maximum absolute atomic E-state index is 12.1. The fourth-order valence-electron chi connectivity index (χ4n) is 1.63. The molecule has 0 aliphatic heterocycles. The van der Waals surface area contributed by atoms with E-state index in [0.717, 1.165) is 11.3 Å². The Bertz CT molecular complexity index is 575. The Balaban J connectivity index is 2.25. The smallest absolute Gasteiger partial charge is 0.255 e. The minimum Gasteiger partial charge on any atom is -0.384 e. The molecule has 92 valence electrons. The molecular formula is C13H14N4O. The van der Waals surface area contributed by atoms with E-state index in [1.165, 1.54) is 0 Å². The van der Waals surface area contributed by atoms with Crippen LogP contribution in [-0.2, 0) is 0 Å². The van der Waals surface area contributed by atoms with Crippen LogP contribution >= 0.6 is 0 Å². The fraction of sp³-hybridized carbons (Fsp3) is 0.154. The highest BCUT2D eigenvalue weighted by molar-refractivity contribution is 6.05. The van der Waals surface area contributed by atoms with Crippen molar-refractivity contribution in [1.29, 1.82) is 0 Å². The van der Waals surface area contributed by atoms with Gasteiger partial charge < -0.3 is 11.1 Å². The lowest BCUT2D eigenvalue weighted by atomic mass is 10.2. The van der Waals surface area contributed by atoms with Gasteiger partial charge in [-0.1, -0.05) is 0 Å². The highest BCUT2D eigenvalue weighted by Crippen LogP contribution is 2.14. The number of anilines is 2. The van der Waals surface area contributed by atoms with Crippen molar-refractivity contribution in [2.75, 3.05) is 11.1 Å². The van der Waals surface area contributed by atoms with Gasteiger partial charge in [0.25, 0.3) is 5.91 Å². The van der Waals surface area contributed by atoms with Crippen LogP contribution < -0.4 is 11.1 Å². The number of pyridine rings is 2. The van der Waals surface area contributed by atoms with Crippen molar-refractivity contribution in [3.05, 3.63) is 47.4 Å². The molecule has 0 saturated carbocycles. The molecule has 2 rings (SSSR count). The monoisotopic (exact) mass is 242 g/mol. The van der Waals surface area contributed by atoms with E-state index in [2.05, 4.69) is 15.3 Å². The molecule has 5 heteroatoms. The minimum absolute atomic E-state index is 0.207. The van der Waals surface area contributed by atoms with Crippen LogP contribution in [0.15, 0.2) is 30.6 Å². The number of nitrogen functional groups attached to an aromatic ring is 1. The van der Waals surface area contributed by atoms with Crippen molar-refractivity contribution < 1.29 is 4.79 Å². The first-order chi connectivity index (χ1) is 8.56. The summed E-state index contributed by atoms with van der Waals surface area (Å²) >= 11 is 0. The Morgan fingerprint density at radius 1 is 1.33 bits per heavy atom. The Hall–Kier alpha value is -2.43. The van der Waals surface area contributed by atoms with Crippen LogP contribution in [0, 0.1) is 13.8 Å². The molecule has 0 aliphatic carbocycles. The number of carbonyl (C=O) groups is 1. The number of hydrogen-bond donors (Lipinski definition) is 2. The van der Waals surface area contributed by atoms with E-state index in [-0.39, 0.29) is 5.91 Å². The molecule has 1 amide bonds. The molecule has 3 N–H and O–H groups in total. The summed E-state index contributed by atoms with van der Waals surface area (Å²) in [6, 6.07) is 5.01. The topological polar surface area (TPSA) is 80.9 Å². The third kappa shape index (κ3) is 2.63. The molecule has 0 saturated heterocycles. The fourth-order valence-corrected chi connectivity index (χ4v) is 1.63. The van der Waals surface area contributed by atoms with E-state index in [4.69, 9.17) is 5.73 Å². The number of amides is 1. The Kier molecular flexibility index (Phi) is 3.23. The van der Waals surface area contributed by atoms with Crippen LogP contribution in [0.1, 0.15) is 21.6 Å². The molecule has 0 spiro atoms. The number of nitrogens with two attached hydrogens (primary N) is 1. The minimum atomic E-state index is -0.207. The van der Waals surface area contributed by atoms with Crippen molar-refractivity contribution >= 4 is 17.4 Å². The number of nitrogens with one attached hydrogen (secondary N) is 1. The number of aromatic nitrogens is 2. The molecule has 0 unspecified atom stereocenters. The van der Waals surface area contributed by atoms with Crippen LogP contribution in [0.25, 0.3) is 0 Å². The van der Waals surface area contributed by atoms with E-state index in [1.54, 1.807) is 37.5 Å². The van der Waals surface area contributed by atoms with Crippen molar-refractivity contribution in [2.24, 2.45) is 0 Å². The molecule has 2 heterocycles. The summed E-state index contributed by atoms with van der Waals surface area (Å²) in [5.41, 5.74) is 8.48. The quantitative estimate of drug-likeness (QED) is 0.843. The average Bonchev–Trinajstić information content (AvgIpc) is 2.31. The normalized spacial score (nSPS) is 10.1. The van der Waals surface area contributed by atoms with Crippen LogP contribution in [0.3, 0.4) is 0 Å². The second-order valence-electron chi connectivity index (χ2n) is 4.07. The van der Waals surface area contributed by atoms with Crippen molar-refractivity contribution in [2.45, 2.75) is 13.8 Å². The molecule has 2 aromatic heterocycles. The van der Waals surface area contributed by atoms with Gasteiger partial charge in [-0.2, -0.15) is 0 Å². The average molecular weight is 242 g/mol. The zero-order chi connectivity index (χ0) is 13.1. The predicted molar refractivity (Wildman–Crippen MR) is 70.3 cm³/mol. The summed E-state index contributed by atoms with van der Waals surface area (Å²) in [4.78, 5) is 20.1. The first kappa shape index (κ1) is 12.0. The van der Waals surface area contributed by atoms with E-state index >= 15 is 0 Å². The van der Waals surface area contributed by atoms with Gasteiger partial charge >= 0.3 is 0 Å². The van der Waals surface area contributed by atoms with Gasteiger partial charge in [-0.25, -0.2) is 4.98 Å². The van der Waals surface area contributed by atoms with Crippen molar-refractivity contribution in [3.63, 3.8) is 0 Å². The highest BCUT2D eigenvalue weighted by atomic mass is 16.1. The second kappa shape index (κ2) is 4.83. The van der Waals surface area contributed by atoms with E-state index in [0.29, 0.717) is 17.1 Å². The lowest BCUT2D eigenvalue weighted by Crippen LogP contribution is -2.14. The maximum Gasteiger partial charge on any atom is 0.255 e. The number of rotatable bonds is 2.